The lowest BCUT2D eigenvalue weighted by Gasteiger charge is -2.13. The molecule has 2 aromatic carbocycles. The van der Waals surface area contributed by atoms with Crippen LogP contribution in [0.25, 0.3) is 11.3 Å². The van der Waals surface area contributed by atoms with Crippen LogP contribution in [0.4, 0.5) is 5.69 Å². The van der Waals surface area contributed by atoms with Crippen LogP contribution in [-0.2, 0) is 4.79 Å². The van der Waals surface area contributed by atoms with Crippen molar-refractivity contribution in [3.8, 4) is 28.5 Å². The fraction of sp³-hybridized carbons (Fsp3) is 0.190. The largest absolute Gasteiger partial charge is 0.493 e. The second kappa shape index (κ2) is 10.6. The molecule has 0 aliphatic carbocycles. The Hall–Kier alpha value is -2.68. The van der Waals surface area contributed by atoms with Gasteiger partial charge in [-0.1, -0.05) is 35.0 Å². The number of anilines is 1. The van der Waals surface area contributed by atoms with Crippen molar-refractivity contribution in [2.75, 3.05) is 32.4 Å². The van der Waals surface area contributed by atoms with E-state index in [1.54, 1.807) is 57.7 Å². The molecule has 0 spiro atoms. The van der Waals surface area contributed by atoms with Gasteiger partial charge in [-0.05, 0) is 42.5 Å². The summed E-state index contributed by atoms with van der Waals surface area (Å²) in [7, 11) is 4.64. The summed E-state index contributed by atoms with van der Waals surface area (Å²) >= 11 is 13.3. The van der Waals surface area contributed by atoms with Crippen molar-refractivity contribution in [1.29, 1.82) is 0 Å². The molecule has 0 bridgehead atoms. The molecule has 1 heterocycles. The number of hydrogen-bond donors (Lipinski definition) is 1. The number of nitrogens with zero attached hydrogens (tertiary/aromatic N) is 2. The van der Waals surface area contributed by atoms with E-state index in [0.29, 0.717) is 43.7 Å². The van der Waals surface area contributed by atoms with E-state index in [1.165, 1.54) is 11.8 Å². The van der Waals surface area contributed by atoms with E-state index in [4.69, 9.17) is 37.4 Å². The summed E-state index contributed by atoms with van der Waals surface area (Å²) < 4.78 is 16.1. The van der Waals surface area contributed by atoms with Crippen LogP contribution in [0.2, 0.25) is 10.0 Å². The van der Waals surface area contributed by atoms with Crippen molar-refractivity contribution in [3.05, 3.63) is 52.5 Å². The Morgan fingerprint density at radius 2 is 1.68 bits per heavy atom. The van der Waals surface area contributed by atoms with Gasteiger partial charge in [0.2, 0.25) is 11.7 Å². The molecule has 1 N–H and O–H groups in total. The number of thioether (sulfide) groups is 1. The SMILES string of the molecule is COc1cc(-c2ccc(SCC(=O)Nc3cc(Cl)ccc3Cl)nn2)cc(OC)c1OC. The van der Waals surface area contributed by atoms with Crippen LogP contribution < -0.4 is 19.5 Å². The van der Waals surface area contributed by atoms with Gasteiger partial charge in [-0.25, -0.2) is 0 Å². The van der Waals surface area contributed by atoms with Crippen LogP contribution in [0.5, 0.6) is 17.2 Å². The molecule has 3 aromatic rings. The van der Waals surface area contributed by atoms with Crippen LogP contribution >= 0.6 is 35.0 Å². The minimum Gasteiger partial charge on any atom is -0.493 e. The number of rotatable bonds is 8. The first-order valence-corrected chi connectivity index (χ1v) is 10.7. The van der Waals surface area contributed by atoms with E-state index < -0.39 is 0 Å². The van der Waals surface area contributed by atoms with Crippen molar-refractivity contribution < 1.29 is 19.0 Å². The minimum absolute atomic E-state index is 0.140. The first kappa shape index (κ1) is 23.0. The van der Waals surface area contributed by atoms with Crippen molar-refractivity contribution in [2.45, 2.75) is 5.03 Å². The highest BCUT2D eigenvalue weighted by atomic mass is 35.5. The molecule has 0 atom stereocenters. The summed E-state index contributed by atoms with van der Waals surface area (Å²) in [5, 5.41) is 12.7. The monoisotopic (exact) mass is 479 g/mol. The summed E-state index contributed by atoms with van der Waals surface area (Å²) in [5.74, 6) is 1.45. The van der Waals surface area contributed by atoms with E-state index in [9.17, 15) is 4.79 Å². The van der Waals surface area contributed by atoms with Crippen molar-refractivity contribution in [2.24, 2.45) is 0 Å². The summed E-state index contributed by atoms with van der Waals surface area (Å²) in [6.45, 7) is 0. The average Bonchev–Trinajstić information content (AvgIpc) is 2.79. The lowest BCUT2D eigenvalue weighted by atomic mass is 10.1. The lowest BCUT2D eigenvalue weighted by molar-refractivity contribution is -0.113. The highest BCUT2D eigenvalue weighted by molar-refractivity contribution is 7.99. The first-order valence-electron chi connectivity index (χ1n) is 8.97. The molecule has 0 radical (unpaired) electrons. The number of halogens is 2. The quantitative estimate of drug-likeness (QED) is 0.444. The molecule has 0 aliphatic heterocycles. The predicted molar refractivity (Wildman–Crippen MR) is 123 cm³/mol. The number of methoxy groups -OCH3 is 3. The van der Waals surface area contributed by atoms with Crippen molar-refractivity contribution in [3.63, 3.8) is 0 Å². The zero-order valence-electron chi connectivity index (χ0n) is 16.9. The summed E-state index contributed by atoms with van der Waals surface area (Å²) in [4.78, 5) is 12.2. The van der Waals surface area contributed by atoms with Crippen molar-refractivity contribution in [1.82, 2.24) is 10.2 Å². The standard InChI is InChI=1S/C21H19Cl2N3O4S/c1-28-17-8-12(9-18(29-2)21(17)30-3)15-6-7-20(26-25-15)31-11-19(27)24-16-10-13(22)4-5-14(16)23/h4-10H,11H2,1-3H3,(H,24,27). The molecule has 1 aromatic heterocycles. The molecule has 1 amide bonds. The third-order valence-electron chi connectivity index (χ3n) is 4.15. The van der Waals surface area contributed by atoms with Gasteiger partial charge in [0.15, 0.2) is 11.5 Å². The van der Waals surface area contributed by atoms with Gasteiger partial charge in [-0.15, -0.1) is 10.2 Å². The number of benzene rings is 2. The Labute approximate surface area is 194 Å². The van der Waals surface area contributed by atoms with Crippen LogP contribution in [-0.4, -0.2) is 43.2 Å². The van der Waals surface area contributed by atoms with Crippen LogP contribution in [0.15, 0.2) is 47.5 Å². The highest BCUT2D eigenvalue weighted by Crippen LogP contribution is 2.40. The molecule has 0 saturated heterocycles. The van der Waals surface area contributed by atoms with E-state index in [-0.39, 0.29) is 11.7 Å². The molecule has 0 fully saturated rings. The van der Waals surface area contributed by atoms with Gasteiger partial charge in [-0.2, -0.15) is 0 Å². The summed E-state index contributed by atoms with van der Waals surface area (Å²) in [6.07, 6.45) is 0. The Balaban J connectivity index is 1.68. The zero-order valence-corrected chi connectivity index (χ0v) is 19.3. The van der Waals surface area contributed by atoms with Crippen molar-refractivity contribution >= 4 is 46.6 Å². The van der Waals surface area contributed by atoms with Crippen LogP contribution in [0.1, 0.15) is 0 Å². The van der Waals surface area contributed by atoms with Crippen LogP contribution in [0.3, 0.4) is 0 Å². The topological polar surface area (TPSA) is 82.6 Å². The Morgan fingerprint density at radius 1 is 0.968 bits per heavy atom. The third kappa shape index (κ3) is 5.72. The molecule has 162 valence electrons. The highest BCUT2D eigenvalue weighted by Gasteiger charge is 2.15. The number of hydrogen-bond acceptors (Lipinski definition) is 7. The van der Waals surface area contributed by atoms with Gasteiger partial charge >= 0.3 is 0 Å². The minimum atomic E-state index is -0.232. The molecule has 0 saturated carbocycles. The Morgan fingerprint density at radius 3 is 2.26 bits per heavy atom. The lowest BCUT2D eigenvalue weighted by Crippen LogP contribution is -2.14. The van der Waals surface area contributed by atoms with Gasteiger partial charge in [0.1, 0.15) is 5.03 Å². The van der Waals surface area contributed by atoms with E-state index in [1.807, 2.05) is 6.07 Å². The second-order valence-corrected chi connectivity index (χ2v) is 7.97. The molecule has 0 unspecified atom stereocenters. The number of carbonyl (C=O) groups excluding carboxylic acids is 1. The number of nitrogens with one attached hydrogen (secondary N) is 1. The van der Waals surface area contributed by atoms with Crippen LogP contribution in [0, 0.1) is 0 Å². The normalized spacial score (nSPS) is 10.5. The Kier molecular flexibility index (Phi) is 7.84. The predicted octanol–water partition coefficient (Wildman–Crippen LogP) is 5.21. The van der Waals surface area contributed by atoms with E-state index >= 15 is 0 Å². The molecule has 10 heteroatoms. The van der Waals surface area contributed by atoms with Gasteiger partial charge in [0.05, 0.1) is 43.5 Å². The first-order chi connectivity index (χ1) is 14.9. The molecule has 7 nitrogen and oxygen atoms in total. The molecular formula is C21H19Cl2N3O4S. The number of ether oxygens (including phenoxy) is 3. The van der Waals surface area contributed by atoms with Gasteiger partial charge in [0.25, 0.3) is 0 Å². The molecule has 3 rings (SSSR count). The maximum Gasteiger partial charge on any atom is 0.234 e. The molecule has 31 heavy (non-hydrogen) atoms. The third-order valence-corrected chi connectivity index (χ3v) is 5.64. The summed E-state index contributed by atoms with van der Waals surface area (Å²) in [6, 6.07) is 12.1. The van der Waals surface area contributed by atoms with Gasteiger partial charge in [0, 0.05) is 10.6 Å². The smallest absolute Gasteiger partial charge is 0.234 e. The fourth-order valence-corrected chi connectivity index (χ4v) is 3.65. The van der Waals surface area contributed by atoms with Gasteiger partial charge in [-0.3, -0.25) is 4.79 Å². The van der Waals surface area contributed by atoms with E-state index in [0.717, 1.165) is 5.56 Å². The fourth-order valence-electron chi connectivity index (χ4n) is 2.70. The zero-order chi connectivity index (χ0) is 22.4. The maximum absolute atomic E-state index is 12.2. The molecule has 0 aliphatic rings. The average molecular weight is 480 g/mol. The van der Waals surface area contributed by atoms with Gasteiger partial charge < -0.3 is 19.5 Å². The second-order valence-electron chi connectivity index (χ2n) is 6.13. The molecular weight excluding hydrogens is 461 g/mol. The van der Waals surface area contributed by atoms with E-state index in [2.05, 4.69) is 15.5 Å². The Bertz CT molecular complexity index is 1060. The number of amides is 1. The maximum atomic E-state index is 12.2. The number of aromatic nitrogens is 2. The number of carbonyl (C=O) groups is 1. The summed E-state index contributed by atoms with van der Waals surface area (Å²) in [5.41, 5.74) is 1.84.